The maximum Gasteiger partial charge on any atom is 0.243 e. The van der Waals surface area contributed by atoms with E-state index in [0.29, 0.717) is 36.7 Å². The van der Waals surface area contributed by atoms with Crippen LogP contribution in [0.4, 0.5) is 0 Å². The lowest BCUT2D eigenvalue weighted by atomic mass is 9.92. The van der Waals surface area contributed by atoms with Gasteiger partial charge in [0, 0.05) is 19.0 Å². The summed E-state index contributed by atoms with van der Waals surface area (Å²) in [6, 6.07) is 10.9. The summed E-state index contributed by atoms with van der Waals surface area (Å²) in [5, 5.41) is 3.15. The Morgan fingerprint density at radius 3 is 2.18 bits per heavy atom. The van der Waals surface area contributed by atoms with Gasteiger partial charge in [-0.3, -0.25) is 4.79 Å². The first-order valence-corrected chi connectivity index (χ1v) is 13.0. The quantitative estimate of drug-likeness (QED) is 0.633. The van der Waals surface area contributed by atoms with Crippen LogP contribution in [0.5, 0.6) is 5.75 Å². The van der Waals surface area contributed by atoms with Gasteiger partial charge in [-0.15, -0.1) is 0 Å². The van der Waals surface area contributed by atoms with Crippen molar-refractivity contribution in [2.45, 2.75) is 64.3 Å². The Kier molecular flexibility index (Phi) is 7.85. The first kappa shape index (κ1) is 25.2. The third-order valence-corrected chi connectivity index (χ3v) is 8.46. The number of nitrogens with zero attached hydrogens (tertiary/aromatic N) is 1. The second-order valence-corrected chi connectivity index (χ2v) is 11.3. The fourth-order valence-corrected chi connectivity index (χ4v) is 5.91. The van der Waals surface area contributed by atoms with E-state index < -0.39 is 10.0 Å². The minimum absolute atomic E-state index is 0.0174. The predicted molar refractivity (Wildman–Crippen MR) is 131 cm³/mol. The monoisotopic (exact) mass is 472 g/mol. The molecule has 1 N–H and O–H groups in total. The molecule has 1 fully saturated rings. The number of aryl methyl sites for hydroxylation is 2. The zero-order valence-electron chi connectivity index (χ0n) is 20.5. The normalized spacial score (nSPS) is 16.6. The van der Waals surface area contributed by atoms with E-state index in [1.54, 1.807) is 31.4 Å². The number of ether oxygens (including phenoxy) is 1. The van der Waals surface area contributed by atoms with Crippen LogP contribution in [-0.2, 0) is 14.8 Å². The summed E-state index contributed by atoms with van der Waals surface area (Å²) >= 11 is 0. The molecule has 1 saturated heterocycles. The Morgan fingerprint density at radius 2 is 1.64 bits per heavy atom. The van der Waals surface area contributed by atoms with Gasteiger partial charge in [-0.05, 0) is 80.5 Å². The van der Waals surface area contributed by atoms with Crippen molar-refractivity contribution >= 4 is 15.9 Å². The maximum absolute atomic E-state index is 13.0. The number of nitrogens with one attached hydrogen (secondary N) is 1. The van der Waals surface area contributed by atoms with Crippen molar-refractivity contribution in [3.63, 3.8) is 0 Å². The minimum Gasteiger partial charge on any atom is -0.496 e. The van der Waals surface area contributed by atoms with Gasteiger partial charge in [0.1, 0.15) is 5.75 Å². The van der Waals surface area contributed by atoms with Crippen LogP contribution in [0, 0.1) is 19.8 Å². The van der Waals surface area contributed by atoms with E-state index in [9.17, 15) is 13.2 Å². The van der Waals surface area contributed by atoms with Crippen molar-refractivity contribution in [2.24, 2.45) is 5.92 Å². The number of methoxy groups -OCH3 is 1. The number of benzene rings is 2. The first-order valence-electron chi connectivity index (χ1n) is 11.6. The van der Waals surface area contributed by atoms with Crippen LogP contribution in [0.15, 0.2) is 41.3 Å². The number of piperidine rings is 1. The van der Waals surface area contributed by atoms with Gasteiger partial charge in [0.2, 0.25) is 15.9 Å². The Balaban J connectivity index is 1.65. The lowest BCUT2D eigenvalue weighted by Crippen LogP contribution is -2.43. The zero-order chi connectivity index (χ0) is 24.3. The highest BCUT2D eigenvalue weighted by Gasteiger charge is 2.32. The molecule has 1 atom stereocenters. The van der Waals surface area contributed by atoms with Crippen molar-refractivity contribution in [1.29, 1.82) is 0 Å². The smallest absolute Gasteiger partial charge is 0.243 e. The highest BCUT2D eigenvalue weighted by molar-refractivity contribution is 7.89. The van der Waals surface area contributed by atoms with Gasteiger partial charge in [-0.1, -0.05) is 31.5 Å². The van der Waals surface area contributed by atoms with Crippen LogP contribution in [0.3, 0.4) is 0 Å². The molecule has 1 aliphatic rings. The molecule has 0 aliphatic carbocycles. The molecule has 1 heterocycles. The number of amides is 1. The Bertz CT molecular complexity index is 1090. The number of rotatable bonds is 7. The van der Waals surface area contributed by atoms with Crippen LogP contribution < -0.4 is 10.1 Å². The number of carbonyl (C=O) groups excluding carboxylic acids is 1. The van der Waals surface area contributed by atoms with Crippen molar-refractivity contribution in [3.8, 4) is 5.75 Å². The summed E-state index contributed by atoms with van der Waals surface area (Å²) in [6.07, 6.45) is 1.03. The molecular formula is C26H36N2O4S. The predicted octanol–water partition coefficient (Wildman–Crippen LogP) is 4.71. The molecule has 7 heteroatoms. The molecule has 180 valence electrons. The van der Waals surface area contributed by atoms with Crippen LogP contribution in [0.25, 0.3) is 0 Å². The van der Waals surface area contributed by atoms with Crippen LogP contribution in [0.1, 0.15) is 67.8 Å². The van der Waals surface area contributed by atoms with E-state index in [1.165, 1.54) is 4.31 Å². The van der Waals surface area contributed by atoms with Crippen LogP contribution >= 0.6 is 0 Å². The Labute approximate surface area is 198 Å². The highest BCUT2D eigenvalue weighted by Crippen LogP contribution is 2.32. The summed E-state index contributed by atoms with van der Waals surface area (Å²) < 4.78 is 32.9. The minimum atomic E-state index is -3.53. The Morgan fingerprint density at radius 1 is 1.03 bits per heavy atom. The molecule has 2 aromatic rings. The molecule has 0 unspecified atom stereocenters. The van der Waals surface area contributed by atoms with Crippen molar-refractivity contribution in [3.05, 3.63) is 58.7 Å². The van der Waals surface area contributed by atoms with E-state index in [4.69, 9.17) is 4.74 Å². The SMILES string of the molecule is COc1cc(C)c([C@@H](C)NC(=O)C2CCN(S(=O)(=O)c3ccc(C)cc3)CC2)cc1C(C)C. The van der Waals surface area contributed by atoms with Gasteiger partial charge < -0.3 is 10.1 Å². The average Bonchev–Trinajstić information content (AvgIpc) is 2.78. The zero-order valence-corrected chi connectivity index (χ0v) is 21.3. The molecule has 0 spiro atoms. The number of sulfonamides is 1. The molecule has 1 amide bonds. The van der Waals surface area contributed by atoms with E-state index >= 15 is 0 Å². The number of hydrogen-bond acceptors (Lipinski definition) is 4. The Hall–Kier alpha value is -2.38. The molecule has 0 saturated carbocycles. The van der Waals surface area contributed by atoms with Gasteiger partial charge in [0.25, 0.3) is 0 Å². The van der Waals surface area contributed by atoms with E-state index in [1.807, 2.05) is 26.8 Å². The number of carbonyl (C=O) groups is 1. The van der Waals surface area contributed by atoms with E-state index in [0.717, 1.165) is 28.0 Å². The summed E-state index contributed by atoms with van der Waals surface area (Å²) in [6.45, 7) is 10.9. The fraction of sp³-hybridized carbons (Fsp3) is 0.500. The second-order valence-electron chi connectivity index (χ2n) is 9.33. The van der Waals surface area contributed by atoms with E-state index in [-0.39, 0.29) is 17.9 Å². The highest BCUT2D eigenvalue weighted by atomic mass is 32.2. The van der Waals surface area contributed by atoms with Crippen LogP contribution in [-0.4, -0.2) is 38.8 Å². The molecule has 0 bridgehead atoms. The molecule has 6 nitrogen and oxygen atoms in total. The van der Waals surface area contributed by atoms with Gasteiger partial charge >= 0.3 is 0 Å². The summed E-state index contributed by atoms with van der Waals surface area (Å²) in [4.78, 5) is 13.3. The first-order chi connectivity index (χ1) is 15.5. The average molecular weight is 473 g/mol. The molecule has 33 heavy (non-hydrogen) atoms. The molecule has 3 rings (SSSR count). The van der Waals surface area contributed by atoms with Gasteiger partial charge in [0.05, 0.1) is 18.0 Å². The van der Waals surface area contributed by atoms with Gasteiger partial charge in [-0.2, -0.15) is 4.31 Å². The molecule has 0 aromatic heterocycles. The second kappa shape index (κ2) is 10.3. The third-order valence-electron chi connectivity index (χ3n) is 6.55. The van der Waals surface area contributed by atoms with Crippen molar-refractivity contribution < 1.29 is 17.9 Å². The summed E-state index contributed by atoms with van der Waals surface area (Å²) in [7, 11) is -1.85. The van der Waals surface area contributed by atoms with E-state index in [2.05, 4.69) is 25.2 Å². The summed E-state index contributed by atoms with van der Waals surface area (Å²) in [5.74, 6) is 0.963. The van der Waals surface area contributed by atoms with Crippen LogP contribution in [0.2, 0.25) is 0 Å². The standard InChI is InChI=1S/C26H36N2O4S/c1-17(2)23-16-24(19(4)15-25(23)32-6)20(5)27-26(29)21-11-13-28(14-12-21)33(30,31)22-9-7-18(3)8-10-22/h7-10,15-17,20-21H,11-14H2,1-6H3,(H,27,29)/t20-/m1/s1. The van der Waals surface area contributed by atoms with Gasteiger partial charge in [0.15, 0.2) is 0 Å². The molecule has 0 radical (unpaired) electrons. The van der Waals surface area contributed by atoms with Crippen molar-refractivity contribution in [1.82, 2.24) is 9.62 Å². The largest absolute Gasteiger partial charge is 0.496 e. The maximum atomic E-state index is 13.0. The lowest BCUT2D eigenvalue weighted by Gasteiger charge is -2.31. The summed E-state index contributed by atoms with van der Waals surface area (Å²) in [5.41, 5.74) is 4.29. The lowest BCUT2D eigenvalue weighted by molar-refractivity contribution is -0.126. The molecule has 2 aromatic carbocycles. The van der Waals surface area contributed by atoms with Crippen molar-refractivity contribution in [2.75, 3.05) is 20.2 Å². The molecule has 1 aliphatic heterocycles. The number of hydrogen-bond donors (Lipinski definition) is 1. The molecular weight excluding hydrogens is 436 g/mol. The van der Waals surface area contributed by atoms with Gasteiger partial charge in [-0.25, -0.2) is 8.42 Å². The third kappa shape index (κ3) is 5.58. The fourth-order valence-electron chi connectivity index (χ4n) is 4.44. The topological polar surface area (TPSA) is 75.7 Å².